The lowest BCUT2D eigenvalue weighted by Crippen LogP contribution is -2.29. The van der Waals surface area contributed by atoms with E-state index in [0.29, 0.717) is 19.3 Å². The van der Waals surface area contributed by atoms with Crippen LogP contribution in [0.1, 0.15) is 136 Å². The monoisotopic (exact) mass is 760 g/mol. The quantitative estimate of drug-likeness (QED) is 0.0192. The molecule has 0 aliphatic heterocycles. The van der Waals surface area contributed by atoms with Crippen molar-refractivity contribution in [1.82, 2.24) is 0 Å². The molecule has 3 N–H and O–H groups in total. The predicted octanol–water partition coefficient (Wildman–Crippen LogP) is 10.8. The summed E-state index contributed by atoms with van der Waals surface area (Å²) in [6.45, 7) is 3.36. The summed E-state index contributed by atoms with van der Waals surface area (Å²) in [5, 5.41) is 10.1. The van der Waals surface area contributed by atoms with Crippen LogP contribution in [0, 0.1) is 0 Å². The largest absolute Gasteiger partial charge is 0.469 e. The van der Waals surface area contributed by atoms with Gasteiger partial charge in [0.2, 0.25) is 0 Å². The van der Waals surface area contributed by atoms with Crippen molar-refractivity contribution in [3.05, 3.63) is 97.2 Å². The molecule has 0 aliphatic rings. The number of unbranched alkanes of at least 4 members (excludes halogenated alkanes) is 7. The molecule has 0 aromatic rings. The van der Waals surface area contributed by atoms with E-state index in [1.54, 1.807) is 6.08 Å². The van der Waals surface area contributed by atoms with Gasteiger partial charge in [-0.25, -0.2) is 4.57 Å². The zero-order valence-electron chi connectivity index (χ0n) is 32.5. The topological polar surface area (TPSA) is 140 Å². The third-order valence-electron chi connectivity index (χ3n) is 7.70. The summed E-state index contributed by atoms with van der Waals surface area (Å²) in [7, 11) is -4.80. The Morgan fingerprint density at radius 1 is 0.604 bits per heavy atom. The summed E-state index contributed by atoms with van der Waals surface area (Å²) in [6.07, 6.45) is 47.3. The zero-order chi connectivity index (χ0) is 39.1. The lowest BCUT2D eigenvalue weighted by molar-refractivity contribution is -0.161. The molecule has 2 atom stereocenters. The Balaban J connectivity index is 4.20. The molecule has 10 heteroatoms. The molecular formula is C43H69O9P. The first kappa shape index (κ1) is 49.9. The number of allylic oxidation sites excluding steroid dienone is 15. The normalized spacial score (nSPS) is 14.1. The number of esters is 2. The molecule has 0 heterocycles. The fourth-order valence-electron chi connectivity index (χ4n) is 4.77. The van der Waals surface area contributed by atoms with Gasteiger partial charge in [-0.05, 0) is 70.6 Å². The molecule has 1 unspecified atom stereocenters. The van der Waals surface area contributed by atoms with Crippen LogP contribution in [0.25, 0.3) is 0 Å². The van der Waals surface area contributed by atoms with Crippen molar-refractivity contribution >= 4 is 19.8 Å². The predicted molar refractivity (Wildman–Crippen MR) is 217 cm³/mol. The van der Waals surface area contributed by atoms with Crippen LogP contribution in [0.4, 0.5) is 0 Å². The average molecular weight is 761 g/mol. The third-order valence-corrected chi connectivity index (χ3v) is 8.19. The van der Waals surface area contributed by atoms with Crippen LogP contribution in [-0.4, -0.2) is 52.3 Å². The Bertz CT molecular complexity index is 1190. The molecule has 0 aliphatic carbocycles. The van der Waals surface area contributed by atoms with E-state index in [-0.39, 0.29) is 19.4 Å². The van der Waals surface area contributed by atoms with Crippen LogP contribution in [0.2, 0.25) is 0 Å². The highest BCUT2D eigenvalue weighted by molar-refractivity contribution is 7.46. The number of aliphatic hydroxyl groups is 1. The smallest absolute Gasteiger partial charge is 0.462 e. The molecule has 0 aromatic heterocycles. The number of carbonyl (C=O) groups excluding carboxylic acids is 2. The van der Waals surface area contributed by atoms with E-state index < -0.39 is 38.6 Å². The Hall–Kier alpha value is -3.07. The van der Waals surface area contributed by atoms with E-state index in [2.05, 4.69) is 79.1 Å². The summed E-state index contributed by atoms with van der Waals surface area (Å²) >= 11 is 0. The molecule has 0 aromatic carbocycles. The van der Waals surface area contributed by atoms with E-state index in [1.807, 2.05) is 30.4 Å². The summed E-state index contributed by atoms with van der Waals surface area (Å²) in [4.78, 5) is 42.7. The van der Waals surface area contributed by atoms with Gasteiger partial charge in [-0.2, -0.15) is 0 Å². The first-order valence-corrected chi connectivity index (χ1v) is 21.2. The molecule has 9 nitrogen and oxygen atoms in total. The molecule has 0 saturated heterocycles. The molecule has 0 saturated carbocycles. The number of ether oxygens (including phenoxy) is 2. The number of aliphatic hydroxyl groups excluding tert-OH is 1. The summed E-state index contributed by atoms with van der Waals surface area (Å²) < 4.78 is 26.2. The Morgan fingerprint density at radius 2 is 1.17 bits per heavy atom. The van der Waals surface area contributed by atoms with Crippen LogP contribution >= 0.6 is 7.82 Å². The van der Waals surface area contributed by atoms with Crippen LogP contribution in [0.5, 0.6) is 0 Å². The van der Waals surface area contributed by atoms with Crippen molar-refractivity contribution in [2.45, 2.75) is 148 Å². The van der Waals surface area contributed by atoms with Gasteiger partial charge in [0.25, 0.3) is 0 Å². The van der Waals surface area contributed by atoms with Crippen LogP contribution in [-0.2, 0) is 28.2 Å². The van der Waals surface area contributed by atoms with Gasteiger partial charge >= 0.3 is 19.8 Å². The zero-order valence-corrected chi connectivity index (χ0v) is 33.4. The fourth-order valence-corrected chi connectivity index (χ4v) is 5.13. The van der Waals surface area contributed by atoms with Crippen molar-refractivity contribution in [2.75, 3.05) is 13.2 Å². The lowest BCUT2D eigenvalue weighted by Gasteiger charge is -2.18. The van der Waals surface area contributed by atoms with Gasteiger partial charge in [0.1, 0.15) is 6.61 Å². The molecule has 0 amide bonds. The maximum absolute atomic E-state index is 12.4. The van der Waals surface area contributed by atoms with Gasteiger partial charge in [-0.15, -0.1) is 0 Å². The summed E-state index contributed by atoms with van der Waals surface area (Å²) in [5.41, 5.74) is 0. The molecule has 0 spiro atoms. The Labute approximate surface area is 320 Å². The van der Waals surface area contributed by atoms with Gasteiger partial charge < -0.3 is 24.4 Å². The second-order valence-corrected chi connectivity index (χ2v) is 14.0. The number of phosphoric acid groups is 1. The molecule has 53 heavy (non-hydrogen) atoms. The number of hydrogen-bond donors (Lipinski definition) is 3. The number of rotatable bonds is 34. The van der Waals surface area contributed by atoms with Gasteiger partial charge in [-0.1, -0.05) is 150 Å². The second kappa shape index (κ2) is 37.3. The highest BCUT2D eigenvalue weighted by atomic mass is 31.2. The van der Waals surface area contributed by atoms with Crippen molar-refractivity contribution < 1.29 is 43.0 Å². The summed E-state index contributed by atoms with van der Waals surface area (Å²) in [5.74, 6) is -1.07. The molecule has 0 radical (unpaired) electrons. The minimum atomic E-state index is -4.80. The number of hydrogen-bond acceptors (Lipinski definition) is 7. The molecule has 0 rings (SSSR count). The van der Waals surface area contributed by atoms with Gasteiger partial charge in [0, 0.05) is 12.8 Å². The lowest BCUT2D eigenvalue weighted by atomic mass is 10.1. The third kappa shape index (κ3) is 40.0. The SMILES string of the molecule is CC/C=C/C/C=C/C=C/C(O)CCCCCCCC(=O)OC[C@H](COP(=O)(O)O)OC(=O)CC/C=C\C/C=C\C/C=C\C/C=C\C/C=C\CCCCC. The summed E-state index contributed by atoms with van der Waals surface area (Å²) in [6, 6.07) is 0. The van der Waals surface area contributed by atoms with E-state index in [1.165, 1.54) is 25.7 Å². The molecule has 300 valence electrons. The minimum Gasteiger partial charge on any atom is -0.462 e. The van der Waals surface area contributed by atoms with E-state index in [4.69, 9.17) is 19.3 Å². The van der Waals surface area contributed by atoms with Crippen molar-refractivity contribution in [1.29, 1.82) is 0 Å². The molecule has 0 fully saturated rings. The second-order valence-electron chi connectivity index (χ2n) is 12.7. The molecule has 0 bridgehead atoms. The maximum Gasteiger partial charge on any atom is 0.469 e. The van der Waals surface area contributed by atoms with E-state index in [0.717, 1.165) is 64.2 Å². The minimum absolute atomic E-state index is 0.0623. The van der Waals surface area contributed by atoms with E-state index >= 15 is 0 Å². The maximum atomic E-state index is 12.4. The van der Waals surface area contributed by atoms with Crippen LogP contribution < -0.4 is 0 Å². The van der Waals surface area contributed by atoms with Crippen molar-refractivity contribution in [3.8, 4) is 0 Å². The molecular weight excluding hydrogens is 691 g/mol. The van der Waals surface area contributed by atoms with Crippen molar-refractivity contribution in [2.24, 2.45) is 0 Å². The fraction of sp³-hybridized carbons (Fsp3) is 0.581. The standard InChI is InChI=1S/C43H69O9P/c1-3-5-7-9-11-12-13-14-15-16-17-18-19-20-21-22-24-28-33-37-43(46)52-41(39-51-53(47,48)49)38-50-42(45)36-32-29-25-27-31-35-40(44)34-30-26-23-10-8-6-4-2/h6,8,11-12,14-15,17-18,20-21,23-24,26,28,30,34,40-41,44H,3-5,7,9-10,13,16,19,22,25,27,29,31-33,35-39H2,1-2H3,(H2,47,48,49)/b8-6+,12-11-,15-14-,18-17-,21-20-,26-23+,28-24-,34-30+/t40?,41-/m1/s1. The van der Waals surface area contributed by atoms with Gasteiger partial charge in [0.15, 0.2) is 6.10 Å². The van der Waals surface area contributed by atoms with E-state index in [9.17, 15) is 19.3 Å². The number of phosphoric ester groups is 1. The highest BCUT2D eigenvalue weighted by Crippen LogP contribution is 2.35. The highest BCUT2D eigenvalue weighted by Gasteiger charge is 2.22. The average Bonchev–Trinajstić information content (AvgIpc) is 3.12. The first-order chi connectivity index (χ1) is 25.7. The number of carbonyl (C=O) groups is 2. The Morgan fingerprint density at radius 3 is 1.79 bits per heavy atom. The van der Waals surface area contributed by atoms with Crippen LogP contribution in [0.15, 0.2) is 97.2 Å². The van der Waals surface area contributed by atoms with Gasteiger partial charge in [0.05, 0.1) is 12.7 Å². The Kier molecular flexibility index (Phi) is 35.1. The van der Waals surface area contributed by atoms with Crippen LogP contribution in [0.3, 0.4) is 0 Å². The first-order valence-electron chi connectivity index (χ1n) is 19.6. The van der Waals surface area contributed by atoms with Gasteiger partial charge in [-0.3, -0.25) is 14.1 Å². The van der Waals surface area contributed by atoms with Crippen molar-refractivity contribution in [3.63, 3.8) is 0 Å².